The summed E-state index contributed by atoms with van der Waals surface area (Å²) in [6, 6.07) is 11.8. The smallest absolute Gasteiger partial charge is 0.406 e. The summed E-state index contributed by atoms with van der Waals surface area (Å²) < 4.78 is 41.0. The van der Waals surface area contributed by atoms with Crippen molar-refractivity contribution in [3.8, 4) is 5.75 Å². The topological polar surface area (TPSA) is 95.5 Å². The van der Waals surface area contributed by atoms with Gasteiger partial charge in [0.05, 0.1) is 0 Å². The van der Waals surface area contributed by atoms with E-state index in [4.69, 9.17) is 0 Å². The first-order valence-corrected chi connectivity index (χ1v) is 12.2. The van der Waals surface area contributed by atoms with E-state index in [-0.39, 0.29) is 17.7 Å². The molecule has 1 fully saturated rings. The fourth-order valence-corrected chi connectivity index (χ4v) is 4.42. The maximum atomic E-state index is 12.4. The minimum Gasteiger partial charge on any atom is -0.406 e. The second-order valence-corrected chi connectivity index (χ2v) is 9.20. The number of rotatable bonds is 8. The molecule has 2 heterocycles. The lowest BCUT2D eigenvalue weighted by molar-refractivity contribution is -0.274. The van der Waals surface area contributed by atoms with Gasteiger partial charge in [-0.3, -0.25) is 9.69 Å². The number of hydrogen-bond donors (Lipinski definition) is 2. The number of anilines is 4. The molecule has 0 spiro atoms. The highest BCUT2D eigenvalue weighted by Crippen LogP contribution is 2.27. The first-order chi connectivity index (χ1) is 18.1. The average molecular weight is 530 g/mol. The van der Waals surface area contributed by atoms with Gasteiger partial charge in [0.15, 0.2) is 0 Å². The van der Waals surface area contributed by atoms with E-state index in [0.717, 1.165) is 42.7 Å². The Hall–Kier alpha value is -3.93. The van der Waals surface area contributed by atoms with Crippen molar-refractivity contribution >= 4 is 29.2 Å². The standard InChI is InChI=1S/C26H30F3N7O2/c1-17-22(32-18(2)37)5-4-6-23(17)33-24-30-16-31-25(34-24)35(3)20-11-13-36(14-12-20)15-19-7-9-21(10-8-19)38-26(27,28)29/h4-10,16,20H,11-15H2,1-3H3,(H,32,37)(H,30,31,33,34). The highest BCUT2D eigenvalue weighted by molar-refractivity contribution is 5.90. The number of benzene rings is 2. The van der Waals surface area contributed by atoms with E-state index in [1.807, 2.05) is 37.1 Å². The molecule has 9 nitrogen and oxygen atoms in total. The number of ether oxygens (including phenoxy) is 1. The Balaban J connectivity index is 1.33. The number of likely N-dealkylation sites (tertiary alicyclic amines) is 1. The van der Waals surface area contributed by atoms with Gasteiger partial charge in [-0.15, -0.1) is 13.2 Å². The summed E-state index contributed by atoms with van der Waals surface area (Å²) in [6.45, 7) is 5.69. The van der Waals surface area contributed by atoms with Crippen LogP contribution in [0.2, 0.25) is 0 Å². The van der Waals surface area contributed by atoms with Crippen molar-refractivity contribution in [2.45, 2.75) is 45.6 Å². The number of aromatic nitrogens is 3. The van der Waals surface area contributed by atoms with Crippen molar-refractivity contribution in [1.82, 2.24) is 19.9 Å². The molecule has 0 radical (unpaired) electrons. The summed E-state index contributed by atoms with van der Waals surface area (Å²) in [4.78, 5) is 29.0. The fourth-order valence-electron chi connectivity index (χ4n) is 4.42. The minimum absolute atomic E-state index is 0.145. The molecule has 4 rings (SSSR count). The third kappa shape index (κ3) is 7.31. The van der Waals surface area contributed by atoms with Crippen molar-refractivity contribution in [2.24, 2.45) is 0 Å². The van der Waals surface area contributed by atoms with Gasteiger partial charge in [-0.1, -0.05) is 18.2 Å². The normalized spacial score (nSPS) is 14.7. The van der Waals surface area contributed by atoms with Gasteiger partial charge in [-0.05, 0) is 55.2 Å². The van der Waals surface area contributed by atoms with Crippen LogP contribution in [0, 0.1) is 6.92 Å². The number of halogens is 3. The Kier molecular flexibility index (Phi) is 8.30. The summed E-state index contributed by atoms with van der Waals surface area (Å²) in [5.41, 5.74) is 3.29. The summed E-state index contributed by atoms with van der Waals surface area (Å²) >= 11 is 0. The van der Waals surface area contributed by atoms with Crippen molar-refractivity contribution in [3.05, 3.63) is 59.9 Å². The molecule has 1 aromatic heterocycles. The molecule has 0 bridgehead atoms. The van der Waals surface area contributed by atoms with Crippen LogP contribution < -0.4 is 20.3 Å². The lowest BCUT2D eigenvalue weighted by atomic mass is 10.0. The van der Waals surface area contributed by atoms with Crippen LogP contribution in [0.5, 0.6) is 5.75 Å². The third-order valence-electron chi connectivity index (χ3n) is 6.43. The zero-order valence-corrected chi connectivity index (χ0v) is 21.4. The Morgan fingerprint density at radius 3 is 2.45 bits per heavy atom. The second kappa shape index (κ2) is 11.6. The van der Waals surface area contributed by atoms with Gasteiger partial charge in [0, 0.05) is 51.0 Å². The zero-order valence-electron chi connectivity index (χ0n) is 21.4. The van der Waals surface area contributed by atoms with Crippen LogP contribution in [-0.2, 0) is 11.3 Å². The Morgan fingerprint density at radius 1 is 1.11 bits per heavy atom. The summed E-state index contributed by atoms with van der Waals surface area (Å²) in [5.74, 6) is 0.592. The molecule has 1 aliphatic heterocycles. The summed E-state index contributed by atoms with van der Waals surface area (Å²) in [5, 5.41) is 6.03. The Morgan fingerprint density at radius 2 is 1.79 bits per heavy atom. The molecule has 1 aliphatic rings. The third-order valence-corrected chi connectivity index (χ3v) is 6.43. The minimum atomic E-state index is -4.69. The predicted molar refractivity (Wildman–Crippen MR) is 138 cm³/mol. The van der Waals surface area contributed by atoms with Crippen LogP contribution in [0.25, 0.3) is 0 Å². The highest BCUT2D eigenvalue weighted by Gasteiger charge is 2.31. The number of carbonyl (C=O) groups is 1. The quantitative estimate of drug-likeness (QED) is 0.426. The van der Waals surface area contributed by atoms with Gasteiger partial charge in [0.1, 0.15) is 12.1 Å². The molecule has 2 N–H and O–H groups in total. The van der Waals surface area contributed by atoms with Gasteiger partial charge in [0.25, 0.3) is 0 Å². The molecule has 1 amide bonds. The zero-order chi connectivity index (χ0) is 27.3. The van der Waals surface area contributed by atoms with E-state index < -0.39 is 6.36 Å². The Labute approximate surface area is 219 Å². The van der Waals surface area contributed by atoms with Gasteiger partial charge in [-0.25, -0.2) is 9.97 Å². The van der Waals surface area contributed by atoms with Gasteiger partial charge < -0.3 is 20.3 Å². The van der Waals surface area contributed by atoms with Crippen LogP contribution in [0.15, 0.2) is 48.8 Å². The van der Waals surface area contributed by atoms with E-state index in [1.165, 1.54) is 25.4 Å². The van der Waals surface area contributed by atoms with E-state index in [1.54, 1.807) is 12.1 Å². The number of nitrogens with zero attached hydrogens (tertiary/aromatic N) is 5. The van der Waals surface area contributed by atoms with E-state index in [2.05, 4.69) is 35.2 Å². The molecule has 38 heavy (non-hydrogen) atoms. The van der Waals surface area contributed by atoms with Crippen LogP contribution >= 0.6 is 0 Å². The number of nitrogens with one attached hydrogen (secondary N) is 2. The SMILES string of the molecule is CC(=O)Nc1cccc(Nc2ncnc(N(C)C3CCN(Cc4ccc(OC(F)(F)F)cc4)CC3)n2)c1C. The molecule has 0 atom stereocenters. The molecule has 12 heteroatoms. The van der Waals surface area contributed by atoms with Crippen molar-refractivity contribution in [2.75, 3.05) is 35.7 Å². The number of hydrogen-bond acceptors (Lipinski definition) is 8. The van der Waals surface area contributed by atoms with Crippen LogP contribution in [0.3, 0.4) is 0 Å². The average Bonchev–Trinajstić information content (AvgIpc) is 2.87. The monoisotopic (exact) mass is 529 g/mol. The summed E-state index contributed by atoms with van der Waals surface area (Å²) in [7, 11) is 1.96. The second-order valence-electron chi connectivity index (χ2n) is 9.20. The van der Waals surface area contributed by atoms with Gasteiger partial charge >= 0.3 is 6.36 Å². The van der Waals surface area contributed by atoms with E-state index in [9.17, 15) is 18.0 Å². The van der Waals surface area contributed by atoms with Crippen molar-refractivity contribution in [1.29, 1.82) is 0 Å². The largest absolute Gasteiger partial charge is 0.573 e. The number of carbonyl (C=O) groups excluding carboxylic acids is 1. The van der Waals surface area contributed by atoms with Crippen LogP contribution in [-0.4, -0.2) is 58.3 Å². The predicted octanol–water partition coefficient (Wildman–Crippen LogP) is 4.88. The van der Waals surface area contributed by atoms with Crippen molar-refractivity contribution in [3.63, 3.8) is 0 Å². The lowest BCUT2D eigenvalue weighted by Gasteiger charge is -2.36. The molecular weight excluding hydrogens is 499 g/mol. The fraction of sp³-hybridized carbons (Fsp3) is 0.385. The molecule has 1 saturated heterocycles. The number of amides is 1. The van der Waals surface area contributed by atoms with Gasteiger partial charge in [-0.2, -0.15) is 4.98 Å². The first kappa shape index (κ1) is 27.1. The highest BCUT2D eigenvalue weighted by atomic mass is 19.4. The molecule has 0 aliphatic carbocycles. The molecular formula is C26H30F3N7O2. The Bertz CT molecular complexity index is 1250. The van der Waals surface area contributed by atoms with Crippen molar-refractivity contribution < 1.29 is 22.7 Å². The molecule has 3 aromatic rings. The maximum Gasteiger partial charge on any atom is 0.573 e. The van der Waals surface area contributed by atoms with Crippen LogP contribution in [0.4, 0.5) is 36.4 Å². The van der Waals surface area contributed by atoms with E-state index >= 15 is 0 Å². The molecule has 2 aromatic carbocycles. The van der Waals surface area contributed by atoms with Crippen LogP contribution in [0.1, 0.15) is 30.9 Å². The molecule has 0 unspecified atom stereocenters. The first-order valence-electron chi connectivity index (χ1n) is 12.2. The number of piperidine rings is 1. The van der Waals surface area contributed by atoms with Gasteiger partial charge in [0.2, 0.25) is 17.8 Å². The number of alkyl halides is 3. The molecule has 0 saturated carbocycles. The summed E-state index contributed by atoms with van der Waals surface area (Å²) in [6.07, 6.45) is -1.45. The van der Waals surface area contributed by atoms with E-state index in [0.29, 0.717) is 24.1 Å². The maximum absolute atomic E-state index is 12.4. The molecule has 202 valence electrons. The lowest BCUT2D eigenvalue weighted by Crippen LogP contribution is -2.43.